The van der Waals surface area contributed by atoms with Crippen LogP contribution in [0.25, 0.3) is 0 Å². The fraction of sp³-hybridized carbons (Fsp3) is 0.852. The Morgan fingerprint density at radius 2 is 1.87 bits per heavy atom. The van der Waals surface area contributed by atoms with Gasteiger partial charge in [0.1, 0.15) is 11.6 Å². The highest BCUT2D eigenvalue weighted by Gasteiger charge is 2.61. The molecule has 0 aliphatic heterocycles. The van der Waals surface area contributed by atoms with E-state index in [1.54, 1.807) is 0 Å². The number of Topliss-reactive ketones (excluding diaryl/α,β-unsaturated/α-hetero) is 2. The molecule has 0 saturated heterocycles. The first-order valence-corrected chi connectivity index (χ1v) is 12.5. The number of rotatable bonds is 5. The highest BCUT2D eigenvalue weighted by Crippen LogP contribution is 2.66. The first-order chi connectivity index (χ1) is 14.1. The van der Waals surface area contributed by atoms with Gasteiger partial charge in [0, 0.05) is 18.8 Å². The molecule has 0 spiro atoms. The third-order valence-electron chi connectivity index (χ3n) is 10.1. The standard InChI is InChI=1S/C27H42O3/c1-16(2)6-11-24(29)17(3)21-9-10-22-20-8-7-18-14-19(28)15-25(30)27(18,5)23(20)12-13-26(21,22)4/h7,16-17,19-23,28H,6,8-15H2,1-5H3/t17-,19+,20-,21+,22-,23-,26+,27-/m0/s1. The molecule has 8 atom stereocenters. The lowest BCUT2D eigenvalue weighted by Crippen LogP contribution is -2.54. The minimum Gasteiger partial charge on any atom is -0.392 e. The third kappa shape index (κ3) is 3.34. The Labute approximate surface area is 183 Å². The number of aliphatic hydroxyl groups is 1. The molecule has 30 heavy (non-hydrogen) atoms. The number of hydrogen-bond donors (Lipinski definition) is 1. The molecular weight excluding hydrogens is 372 g/mol. The van der Waals surface area contributed by atoms with E-state index in [1.807, 2.05) is 0 Å². The van der Waals surface area contributed by atoms with E-state index in [0.29, 0.717) is 48.2 Å². The molecule has 4 aliphatic carbocycles. The maximum Gasteiger partial charge on any atom is 0.145 e. The maximum atomic E-state index is 13.1. The molecule has 4 rings (SSSR count). The average Bonchev–Trinajstić information content (AvgIpc) is 3.04. The maximum absolute atomic E-state index is 13.1. The van der Waals surface area contributed by atoms with Gasteiger partial charge in [0.05, 0.1) is 11.5 Å². The second kappa shape index (κ2) is 7.87. The zero-order chi connectivity index (χ0) is 21.8. The predicted molar refractivity (Wildman–Crippen MR) is 120 cm³/mol. The van der Waals surface area contributed by atoms with E-state index >= 15 is 0 Å². The fourth-order valence-electron chi connectivity index (χ4n) is 8.24. The monoisotopic (exact) mass is 414 g/mol. The van der Waals surface area contributed by atoms with Crippen molar-refractivity contribution < 1.29 is 14.7 Å². The topological polar surface area (TPSA) is 54.4 Å². The highest BCUT2D eigenvalue weighted by atomic mass is 16.3. The van der Waals surface area contributed by atoms with Crippen molar-refractivity contribution in [3.63, 3.8) is 0 Å². The highest BCUT2D eigenvalue weighted by molar-refractivity contribution is 5.90. The van der Waals surface area contributed by atoms with Crippen molar-refractivity contribution in [2.45, 2.75) is 98.5 Å². The first kappa shape index (κ1) is 22.2. The summed E-state index contributed by atoms with van der Waals surface area (Å²) in [5.74, 6) is 3.55. The molecule has 4 aliphatic rings. The van der Waals surface area contributed by atoms with E-state index in [4.69, 9.17) is 0 Å². The molecule has 0 heterocycles. The Bertz CT molecular complexity index is 736. The fourth-order valence-corrected chi connectivity index (χ4v) is 8.24. The van der Waals surface area contributed by atoms with Crippen molar-refractivity contribution >= 4 is 11.6 Å². The van der Waals surface area contributed by atoms with Crippen LogP contribution in [0.4, 0.5) is 0 Å². The number of carbonyl (C=O) groups excluding carboxylic acids is 2. The molecule has 0 aromatic carbocycles. The van der Waals surface area contributed by atoms with Crippen LogP contribution in [0.3, 0.4) is 0 Å². The van der Waals surface area contributed by atoms with Gasteiger partial charge >= 0.3 is 0 Å². The van der Waals surface area contributed by atoms with Gasteiger partial charge in [0.15, 0.2) is 0 Å². The Balaban J connectivity index is 1.55. The molecule has 1 N–H and O–H groups in total. The number of fused-ring (bicyclic) bond motifs is 5. The summed E-state index contributed by atoms with van der Waals surface area (Å²) in [5, 5.41) is 10.2. The molecular formula is C27H42O3. The lowest BCUT2D eigenvalue weighted by atomic mass is 9.46. The van der Waals surface area contributed by atoms with Gasteiger partial charge in [-0.3, -0.25) is 9.59 Å². The van der Waals surface area contributed by atoms with Crippen LogP contribution in [0.15, 0.2) is 11.6 Å². The molecule has 3 heteroatoms. The summed E-state index contributed by atoms with van der Waals surface area (Å²) >= 11 is 0. The SMILES string of the molecule is CC(C)CCC(=O)[C@@H](C)[C@H]1CC[C@H]2[C@@H]3CC=C4C[C@@H](O)CC(=O)[C@]4(C)[C@H]3CC[C@]12C. The van der Waals surface area contributed by atoms with Crippen molar-refractivity contribution in [2.75, 3.05) is 0 Å². The van der Waals surface area contributed by atoms with Crippen LogP contribution in [0.1, 0.15) is 92.4 Å². The summed E-state index contributed by atoms with van der Waals surface area (Å²) in [5.41, 5.74) is 1.08. The first-order valence-electron chi connectivity index (χ1n) is 12.5. The van der Waals surface area contributed by atoms with Crippen LogP contribution >= 0.6 is 0 Å². The Morgan fingerprint density at radius 1 is 1.13 bits per heavy atom. The number of aliphatic hydroxyl groups excluding tert-OH is 1. The molecule has 0 bridgehead atoms. The molecule has 0 radical (unpaired) electrons. The quantitative estimate of drug-likeness (QED) is 0.583. The van der Waals surface area contributed by atoms with E-state index in [-0.39, 0.29) is 22.5 Å². The van der Waals surface area contributed by atoms with Crippen molar-refractivity contribution in [2.24, 2.45) is 46.3 Å². The van der Waals surface area contributed by atoms with E-state index in [0.717, 1.165) is 32.1 Å². The molecule has 168 valence electrons. The predicted octanol–water partition coefficient (Wildman–Crippen LogP) is 5.75. The second-order valence-corrected chi connectivity index (χ2v) is 11.9. The van der Waals surface area contributed by atoms with Gasteiger partial charge in [-0.15, -0.1) is 0 Å². The zero-order valence-electron chi connectivity index (χ0n) is 19.7. The minimum absolute atomic E-state index is 0.159. The van der Waals surface area contributed by atoms with E-state index in [9.17, 15) is 14.7 Å². The lowest BCUT2D eigenvalue weighted by molar-refractivity contribution is -0.140. The van der Waals surface area contributed by atoms with Crippen LogP contribution in [0.5, 0.6) is 0 Å². The summed E-state index contributed by atoms with van der Waals surface area (Å²) in [6.45, 7) is 11.2. The number of allylic oxidation sites excluding steroid dienone is 1. The van der Waals surface area contributed by atoms with E-state index in [1.165, 1.54) is 18.4 Å². The van der Waals surface area contributed by atoms with Gasteiger partial charge in [-0.25, -0.2) is 0 Å². The molecule has 3 fully saturated rings. The molecule has 0 aromatic heterocycles. The Hall–Kier alpha value is -0.960. The summed E-state index contributed by atoms with van der Waals surface area (Å²) in [7, 11) is 0. The van der Waals surface area contributed by atoms with Gasteiger partial charge in [-0.05, 0) is 86.9 Å². The summed E-state index contributed by atoms with van der Waals surface area (Å²) in [6, 6.07) is 0. The molecule has 3 saturated carbocycles. The van der Waals surface area contributed by atoms with Crippen molar-refractivity contribution in [1.29, 1.82) is 0 Å². The lowest BCUT2D eigenvalue weighted by Gasteiger charge is -2.57. The molecule has 0 unspecified atom stereocenters. The Kier molecular flexibility index (Phi) is 5.83. The third-order valence-corrected chi connectivity index (χ3v) is 10.1. The molecule has 0 amide bonds. The van der Waals surface area contributed by atoms with Crippen LogP contribution in [-0.2, 0) is 9.59 Å². The average molecular weight is 415 g/mol. The molecule has 3 nitrogen and oxygen atoms in total. The van der Waals surface area contributed by atoms with Crippen LogP contribution in [0.2, 0.25) is 0 Å². The summed E-state index contributed by atoms with van der Waals surface area (Å²) < 4.78 is 0. The second-order valence-electron chi connectivity index (χ2n) is 11.9. The summed E-state index contributed by atoms with van der Waals surface area (Å²) in [4.78, 5) is 26.1. The van der Waals surface area contributed by atoms with Gasteiger partial charge < -0.3 is 5.11 Å². The zero-order valence-corrected chi connectivity index (χ0v) is 19.7. The van der Waals surface area contributed by atoms with Crippen molar-refractivity contribution in [3.8, 4) is 0 Å². The van der Waals surface area contributed by atoms with Crippen molar-refractivity contribution in [1.82, 2.24) is 0 Å². The largest absolute Gasteiger partial charge is 0.392 e. The van der Waals surface area contributed by atoms with Crippen LogP contribution < -0.4 is 0 Å². The minimum atomic E-state index is -0.490. The normalized spacial score (nSPS) is 44.2. The Morgan fingerprint density at radius 3 is 2.57 bits per heavy atom. The van der Waals surface area contributed by atoms with E-state index < -0.39 is 6.10 Å². The van der Waals surface area contributed by atoms with Crippen LogP contribution in [0, 0.1) is 46.3 Å². The van der Waals surface area contributed by atoms with Crippen LogP contribution in [-0.4, -0.2) is 22.8 Å². The number of carbonyl (C=O) groups is 2. The smallest absolute Gasteiger partial charge is 0.145 e. The number of hydrogen-bond acceptors (Lipinski definition) is 3. The van der Waals surface area contributed by atoms with Gasteiger partial charge in [0.25, 0.3) is 0 Å². The summed E-state index contributed by atoms with van der Waals surface area (Å²) in [6.07, 6.45) is 10.2. The number of ketones is 2. The van der Waals surface area contributed by atoms with Gasteiger partial charge in [-0.1, -0.05) is 39.3 Å². The van der Waals surface area contributed by atoms with Gasteiger partial charge in [-0.2, -0.15) is 0 Å². The van der Waals surface area contributed by atoms with Gasteiger partial charge in [0.2, 0.25) is 0 Å². The van der Waals surface area contributed by atoms with Crippen molar-refractivity contribution in [3.05, 3.63) is 11.6 Å². The molecule has 0 aromatic rings. The van der Waals surface area contributed by atoms with E-state index in [2.05, 4.69) is 40.7 Å².